The first kappa shape index (κ1) is 10.5. The van der Waals surface area contributed by atoms with E-state index in [4.69, 9.17) is 15.2 Å². The molecule has 0 spiro atoms. The molecule has 1 aromatic carbocycles. The van der Waals surface area contributed by atoms with Crippen LogP contribution in [0.2, 0.25) is 0 Å². The lowest BCUT2D eigenvalue weighted by molar-refractivity contribution is 0.355. The highest BCUT2D eigenvalue weighted by atomic mass is 16.5. The van der Waals surface area contributed by atoms with Gasteiger partial charge in [-0.1, -0.05) is 0 Å². The van der Waals surface area contributed by atoms with E-state index < -0.39 is 0 Å². The fourth-order valence-corrected chi connectivity index (χ4v) is 1.27. The third kappa shape index (κ3) is 1.84. The van der Waals surface area contributed by atoms with E-state index >= 15 is 0 Å². The van der Waals surface area contributed by atoms with Crippen molar-refractivity contribution in [3.8, 4) is 11.5 Å². The molecule has 0 unspecified atom stereocenters. The second-order valence-electron chi connectivity index (χ2n) is 3.16. The minimum atomic E-state index is 0.649. The molecule has 0 aliphatic carbocycles. The first-order valence-corrected chi connectivity index (χ1v) is 4.29. The van der Waals surface area contributed by atoms with Crippen LogP contribution >= 0.6 is 0 Å². The van der Waals surface area contributed by atoms with Crippen LogP contribution in [0.5, 0.6) is 11.5 Å². The van der Waals surface area contributed by atoms with Crippen molar-refractivity contribution in [2.75, 3.05) is 38.9 Å². The Balaban J connectivity index is 3.23. The summed E-state index contributed by atoms with van der Waals surface area (Å²) in [6.45, 7) is 0. The molecule has 1 rings (SSSR count). The Morgan fingerprint density at radius 1 is 1.07 bits per heavy atom. The number of anilines is 2. The topological polar surface area (TPSA) is 47.7 Å². The van der Waals surface area contributed by atoms with Gasteiger partial charge in [-0.15, -0.1) is 0 Å². The van der Waals surface area contributed by atoms with Crippen LogP contribution in [0.1, 0.15) is 0 Å². The van der Waals surface area contributed by atoms with Gasteiger partial charge in [0, 0.05) is 26.2 Å². The van der Waals surface area contributed by atoms with Gasteiger partial charge < -0.3 is 20.1 Å². The molecule has 4 heteroatoms. The molecule has 0 atom stereocenters. The van der Waals surface area contributed by atoms with Gasteiger partial charge in [0.15, 0.2) is 11.5 Å². The first-order chi connectivity index (χ1) is 6.60. The van der Waals surface area contributed by atoms with Crippen molar-refractivity contribution in [1.82, 2.24) is 0 Å². The Hall–Kier alpha value is -1.58. The zero-order chi connectivity index (χ0) is 10.7. The van der Waals surface area contributed by atoms with Gasteiger partial charge >= 0.3 is 0 Å². The van der Waals surface area contributed by atoms with Crippen molar-refractivity contribution in [1.29, 1.82) is 0 Å². The maximum Gasteiger partial charge on any atom is 0.162 e. The molecule has 0 heterocycles. The van der Waals surface area contributed by atoms with E-state index in [9.17, 15) is 0 Å². The zero-order valence-corrected chi connectivity index (χ0v) is 9.00. The predicted molar refractivity (Wildman–Crippen MR) is 58.3 cm³/mol. The van der Waals surface area contributed by atoms with E-state index in [0.29, 0.717) is 17.2 Å². The quantitative estimate of drug-likeness (QED) is 0.741. The molecule has 0 bridgehead atoms. The van der Waals surface area contributed by atoms with E-state index in [-0.39, 0.29) is 0 Å². The van der Waals surface area contributed by atoms with Crippen molar-refractivity contribution in [3.05, 3.63) is 12.1 Å². The smallest absolute Gasteiger partial charge is 0.162 e. The summed E-state index contributed by atoms with van der Waals surface area (Å²) < 4.78 is 10.3. The molecular formula is C10H16N2O2. The molecule has 0 radical (unpaired) electrons. The van der Waals surface area contributed by atoms with Gasteiger partial charge in [-0.05, 0) is 0 Å². The van der Waals surface area contributed by atoms with Gasteiger partial charge in [-0.2, -0.15) is 0 Å². The molecule has 1 aromatic rings. The van der Waals surface area contributed by atoms with E-state index in [2.05, 4.69) is 0 Å². The summed E-state index contributed by atoms with van der Waals surface area (Å²) in [7, 11) is 7.05. The molecule has 0 aliphatic heterocycles. The lowest BCUT2D eigenvalue weighted by Crippen LogP contribution is -2.11. The summed E-state index contributed by atoms with van der Waals surface area (Å²) in [4.78, 5) is 1.93. The van der Waals surface area contributed by atoms with Crippen LogP contribution in [0, 0.1) is 0 Å². The summed E-state index contributed by atoms with van der Waals surface area (Å²) >= 11 is 0. The van der Waals surface area contributed by atoms with Crippen LogP contribution in [0.3, 0.4) is 0 Å². The van der Waals surface area contributed by atoms with Crippen LogP contribution in [0.4, 0.5) is 11.4 Å². The van der Waals surface area contributed by atoms with E-state index in [1.165, 1.54) is 0 Å². The number of benzene rings is 1. The standard InChI is InChI=1S/C10H16N2O2/c1-12(2)8-6-10(14-4)9(13-3)5-7(8)11/h5-6H,11H2,1-4H3. The number of rotatable bonds is 3. The number of nitrogen functional groups attached to an aromatic ring is 1. The number of nitrogens with two attached hydrogens (primary N) is 1. The number of ether oxygens (including phenoxy) is 2. The Morgan fingerprint density at radius 3 is 2.00 bits per heavy atom. The van der Waals surface area contributed by atoms with E-state index in [1.807, 2.05) is 25.1 Å². The third-order valence-corrected chi connectivity index (χ3v) is 2.01. The van der Waals surface area contributed by atoms with E-state index in [0.717, 1.165) is 5.69 Å². The fourth-order valence-electron chi connectivity index (χ4n) is 1.27. The number of nitrogens with zero attached hydrogens (tertiary/aromatic N) is 1. The zero-order valence-electron chi connectivity index (χ0n) is 9.00. The van der Waals surface area contributed by atoms with Crippen molar-refractivity contribution >= 4 is 11.4 Å². The Bertz CT molecular complexity index is 324. The highest BCUT2D eigenvalue weighted by molar-refractivity contribution is 5.72. The Kier molecular flexibility index (Phi) is 3.06. The molecule has 4 nitrogen and oxygen atoms in total. The normalized spacial score (nSPS) is 9.71. The predicted octanol–water partition coefficient (Wildman–Crippen LogP) is 1.35. The molecule has 0 saturated heterocycles. The largest absolute Gasteiger partial charge is 0.493 e. The monoisotopic (exact) mass is 196 g/mol. The summed E-state index contributed by atoms with van der Waals surface area (Å²) in [6, 6.07) is 3.61. The van der Waals surface area contributed by atoms with Crippen LogP contribution < -0.4 is 20.1 Å². The lowest BCUT2D eigenvalue weighted by atomic mass is 10.2. The summed E-state index contributed by atoms with van der Waals surface area (Å²) in [5.41, 5.74) is 7.44. The second-order valence-corrected chi connectivity index (χ2v) is 3.16. The Morgan fingerprint density at radius 2 is 1.57 bits per heavy atom. The van der Waals surface area contributed by atoms with Gasteiger partial charge in [0.1, 0.15) is 0 Å². The molecule has 78 valence electrons. The Labute approximate surface area is 84.2 Å². The third-order valence-electron chi connectivity index (χ3n) is 2.01. The van der Waals surface area contributed by atoms with Gasteiger partial charge in [0.05, 0.1) is 25.6 Å². The highest BCUT2D eigenvalue weighted by Gasteiger charge is 2.09. The van der Waals surface area contributed by atoms with Gasteiger partial charge in [-0.3, -0.25) is 0 Å². The van der Waals surface area contributed by atoms with Gasteiger partial charge in [0.2, 0.25) is 0 Å². The molecule has 0 saturated carbocycles. The second kappa shape index (κ2) is 4.09. The average molecular weight is 196 g/mol. The minimum absolute atomic E-state index is 0.649. The summed E-state index contributed by atoms with van der Waals surface area (Å²) in [6.07, 6.45) is 0. The van der Waals surface area contributed by atoms with Crippen LogP contribution in [-0.2, 0) is 0 Å². The summed E-state index contributed by atoms with van der Waals surface area (Å²) in [5, 5.41) is 0. The molecule has 0 aliphatic rings. The maximum atomic E-state index is 5.84. The number of hydrogen-bond donors (Lipinski definition) is 1. The molecule has 0 amide bonds. The fraction of sp³-hybridized carbons (Fsp3) is 0.400. The number of methoxy groups -OCH3 is 2. The van der Waals surface area contributed by atoms with Gasteiger partial charge in [0.25, 0.3) is 0 Å². The first-order valence-electron chi connectivity index (χ1n) is 4.29. The number of hydrogen-bond acceptors (Lipinski definition) is 4. The van der Waals surface area contributed by atoms with Crippen molar-refractivity contribution in [2.45, 2.75) is 0 Å². The molecular weight excluding hydrogens is 180 g/mol. The SMILES string of the molecule is COc1cc(N)c(N(C)C)cc1OC. The van der Waals surface area contributed by atoms with Crippen molar-refractivity contribution < 1.29 is 9.47 Å². The summed E-state index contributed by atoms with van der Waals surface area (Å²) in [5.74, 6) is 1.33. The van der Waals surface area contributed by atoms with Crippen LogP contribution in [-0.4, -0.2) is 28.3 Å². The molecule has 14 heavy (non-hydrogen) atoms. The van der Waals surface area contributed by atoms with Crippen LogP contribution in [0.25, 0.3) is 0 Å². The molecule has 0 aromatic heterocycles. The molecule has 0 fully saturated rings. The lowest BCUT2D eigenvalue weighted by Gasteiger charge is -2.18. The molecule has 2 N–H and O–H groups in total. The average Bonchev–Trinajstić information content (AvgIpc) is 2.16. The van der Waals surface area contributed by atoms with Crippen molar-refractivity contribution in [3.63, 3.8) is 0 Å². The highest BCUT2D eigenvalue weighted by Crippen LogP contribution is 2.35. The van der Waals surface area contributed by atoms with Gasteiger partial charge in [-0.25, -0.2) is 0 Å². The van der Waals surface area contributed by atoms with Crippen LogP contribution in [0.15, 0.2) is 12.1 Å². The minimum Gasteiger partial charge on any atom is -0.493 e. The maximum absolute atomic E-state index is 5.84. The van der Waals surface area contributed by atoms with E-state index in [1.54, 1.807) is 20.3 Å². The van der Waals surface area contributed by atoms with Crippen molar-refractivity contribution in [2.24, 2.45) is 0 Å².